The van der Waals surface area contributed by atoms with E-state index in [1.54, 1.807) is 6.07 Å². The highest BCUT2D eigenvalue weighted by Gasteiger charge is 2.27. The van der Waals surface area contributed by atoms with Gasteiger partial charge >= 0.3 is 0 Å². The highest BCUT2D eigenvalue weighted by molar-refractivity contribution is 6.34. The van der Waals surface area contributed by atoms with E-state index in [2.05, 4.69) is 15.9 Å². The van der Waals surface area contributed by atoms with Crippen molar-refractivity contribution in [3.63, 3.8) is 0 Å². The Kier molecular flexibility index (Phi) is 8.42. The minimum absolute atomic E-state index is 0.0780. The van der Waals surface area contributed by atoms with Gasteiger partial charge in [0.1, 0.15) is 22.6 Å². The van der Waals surface area contributed by atoms with Gasteiger partial charge in [0.2, 0.25) is 0 Å². The first-order chi connectivity index (χ1) is 18.5. The largest absolute Gasteiger partial charge is 0.491 e. The molecule has 0 aliphatic carbocycles. The molecule has 38 heavy (non-hydrogen) atoms. The Bertz CT molecular complexity index is 1330. The predicted molar refractivity (Wildman–Crippen MR) is 148 cm³/mol. The summed E-state index contributed by atoms with van der Waals surface area (Å²) < 4.78 is 37.9. The van der Waals surface area contributed by atoms with Crippen LogP contribution in [0.1, 0.15) is 41.5 Å². The first-order valence-electron chi connectivity index (χ1n) is 12.8. The van der Waals surface area contributed by atoms with Gasteiger partial charge in [-0.1, -0.05) is 47.5 Å². The third kappa shape index (κ3) is 5.49. The molecule has 2 aliphatic rings. The van der Waals surface area contributed by atoms with E-state index < -0.39 is 0 Å². The normalized spacial score (nSPS) is 17.7. The van der Waals surface area contributed by atoms with Gasteiger partial charge in [0.05, 0.1) is 13.3 Å². The Hall–Kier alpha value is -2.80. The topological polar surface area (TPSA) is 30.9 Å². The van der Waals surface area contributed by atoms with Crippen LogP contribution in [0.4, 0.5) is 8.92 Å². The fraction of sp³-hybridized carbons (Fsp3) is 0.333. The number of fused-ring (bicyclic) bond motifs is 1. The second-order valence-corrected chi connectivity index (χ2v) is 10.4. The van der Waals surface area contributed by atoms with E-state index in [1.165, 1.54) is 6.07 Å². The van der Waals surface area contributed by atoms with E-state index >= 15 is 0 Å². The van der Waals surface area contributed by atoms with Crippen LogP contribution in [-0.2, 0) is 0 Å². The van der Waals surface area contributed by atoms with Crippen molar-refractivity contribution in [2.24, 2.45) is 0 Å². The van der Waals surface area contributed by atoms with Gasteiger partial charge in [-0.05, 0) is 77.9 Å². The van der Waals surface area contributed by atoms with Gasteiger partial charge in [0.15, 0.2) is 5.75 Å². The summed E-state index contributed by atoms with van der Waals surface area (Å²) in [5, 5.41) is 0.768. The molecule has 3 aromatic rings. The van der Waals surface area contributed by atoms with Crippen LogP contribution >= 0.6 is 23.2 Å². The minimum Gasteiger partial charge on any atom is -0.491 e. The molecule has 1 atom stereocenters. The lowest BCUT2D eigenvalue weighted by molar-refractivity contribution is -0.00632. The average Bonchev–Trinajstić information content (AvgIpc) is 3.28. The fourth-order valence-electron chi connectivity index (χ4n) is 5.28. The number of ether oxygens (including phenoxy) is 2. The van der Waals surface area contributed by atoms with E-state index in [1.807, 2.05) is 43.3 Å². The first-order valence-corrected chi connectivity index (χ1v) is 13.5. The second-order valence-electron chi connectivity index (χ2n) is 9.59. The molecule has 0 N–H and O–H groups in total. The van der Waals surface area contributed by atoms with Crippen molar-refractivity contribution in [1.29, 1.82) is 0 Å². The van der Waals surface area contributed by atoms with Gasteiger partial charge in [0.25, 0.3) is 0 Å². The Morgan fingerprint density at radius 1 is 1.05 bits per heavy atom. The minimum atomic E-state index is -0.294. The maximum Gasteiger partial charge on any atom is 0.194 e. The van der Waals surface area contributed by atoms with Crippen molar-refractivity contribution < 1.29 is 23.3 Å². The van der Waals surface area contributed by atoms with Gasteiger partial charge in [-0.15, -0.1) is 0 Å². The van der Waals surface area contributed by atoms with Crippen LogP contribution in [0.5, 0.6) is 17.2 Å². The van der Waals surface area contributed by atoms with Crippen molar-refractivity contribution >= 4 is 34.3 Å². The summed E-state index contributed by atoms with van der Waals surface area (Å²) in [5.74, 6) is 1.07. The SMILES string of the molecule is Cc1c(Cl)cccc1C1=C(c2ccc(OC3CCN(CCCF)C3)cc2)c2ccc(OF)c(Cl)c2OCC1. The molecule has 0 aromatic heterocycles. The molecule has 8 heteroatoms. The summed E-state index contributed by atoms with van der Waals surface area (Å²) in [6, 6.07) is 17.1. The van der Waals surface area contributed by atoms with Crippen LogP contribution in [-0.4, -0.2) is 43.9 Å². The van der Waals surface area contributed by atoms with E-state index in [4.69, 9.17) is 32.7 Å². The number of hydrogen-bond donors (Lipinski definition) is 0. The quantitative estimate of drug-likeness (QED) is 0.279. The summed E-state index contributed by atoms with van der Waals surface area (Å²) in [6.07, 6.45) is 2.15. The van der Waals surface area contributed by atoms with E-state index in [9.17, 15) is 8.92 Å². The monoisotopic (exact) mass is 559 g/mol. The van der Waals surface area contributed by atoms with Gasteiger partial charge in [0, 0.05) is 41.2 Å². The molecule has 1 unspecified atom stereocenters. The maximum atomic E-state index is 13.1. The molecule has 0 spiro atoms. The fourth-order valence-corrected chi connectivity index (χ4v) is 5.71. The maximum absolute atomic E-state index is 13.1. The van der Waals surface area contributed by atoms with Crippen molar-refractivity contribution in [3.05, 3.63) is 86.9 Å². The number of likely N-dealkylation sites (tertiary alicyclic amines) is 1. The summed E-state index contributed by atoms with van der Waals surface area (Å²) in [5.41, 5.74) is 5.67. The van der Waals surface area contributed by atoms with Crippen molar-refractivity contribution in [2.75, 3.05) is 32.9 Å². The molecule has 2 heterocycles. The Balaban J connectivity index is 1.53. The highest BCUT2D eigenvalue weighted by atomic mass is 35.5. The summed E-state index contributed by atoms with van der Waals surface area (Å²) in [7, 11) is 0. The third-order valence-electron chi connectivity index (χ3n) is 7.19. The van der Waals surface area contributed by atoms with Crippen molar-refractivity contribution in [3.8, 4) is 17.2 Å². The second kappa shape index (κ2) is 11.9. The lowest BCUT2D eigenvalue weighted by Gasteiger charge is -2.19. The zero-order valence-electron chi connectivity index (χ0n) is 21.1. The van der Waals surface area contributed by atoms with Crippen LogP contribution in [0, 0.1) is 6.92 Å². The molecular formula is C30H29Cl2F2NO3. The van der Waals surface area contributed by atoms with Crippen molar-refractivity contribution in [1.82, 2.24) is 4.90 Å². The molecule has 0 saturated carbocycles. The number of benzene rings is 3. The van der Waals surface area contributed by atoms with Gasteiger partial charge in [-0.2, -0.15) is 0 Å². The van der Waals surface area contributed by atoms with Crippen LogP contribution < -0.4 is 14.4 Å². The van der Waals surface area contributed by atoms with Crippen LogP contribution in [0.15, 0.2) is 54.6 Å². The molecule has 3 aromatic carbocycles. The summed E-state index contributed by atoms with van der Waals surface area (Å²) in [4.78, 5) is 6.20. The Morgan fingerprint density at radius 2 is 1.87 bits per heavy atom. The summed E-state index contributed by atoms with van der Waals surface area (Å²) >= 11 is 13.0. The third-order valence-corrected chi connectivity index (χ3v) is 7.96. The lowest BCUT2D eigenvalue weighted by atomic mass is 9.86. The smallest absolute Gasteiger partial charge is 0.194 e. The van der Waals surface area contributed by atoms with Gasteiger partial charge in [-0.3, -0.25) is 14.2 Å². The van der Waals surface area contributed by atoms with Gasteiger partial charge in [-0.25, -0.2) is 0 Å². The molecule has 0 radical (unpaired) electrons. The van der Waals surface area contributed by atoms with E-state index in [0.29, 0.717) is 30.2 Å². The zero-order chi connectivity index (χ0) is 26.6. The Labute approximate surface area is 231 Å². The number of hydrogen-bond acceptors (Lipinski definition) is 4. The molecule has 4 nitrogen and oxygen atoms in total. The number of nitrogens with zero attached hydrogens (tertiary/aromatic N) is 1. The standard InChI is InChI=1S/C30H29Cl2F2NO3/c1-19-23(4-2-5-26(19)31)24-13-17-36-30-25(10-11-27(38-34)29(30)32)28(24)20-6-8-21(9-7-20)37-22-12-16-35(18-22)15-3-14-33/h2,4-11,22H,3,12-18H2,1H3. The van der Waals surface area contributed by atoms with Gasteiger partial charge < -0.3 is 9.47 Å². The molecule has 0 amide bonds. The van der Waals surface area contributed by atoms with Crippen LogP contribution in [0.3, 0.4) is 0 Å². The zero-order valence-corrected chi connectivity index (χ0v) is 22.6. The van der Waals surface area contributed by atoms with E-state index in [0.717, 1.165) is 65.2 Å². The van der Waals surface area contributed by atoms with Crippen LogP contribution in [0.2, 0.25) is 10.0 Å². The summed E-state index contributed by atoms with van der Waals surface area (Å²) in [6.45, 7) is 4.53. The number of halogens is 4. The molecule has 0 bridgehead atoms. The lowest BCUT2D eigenvalue weighted by Crippen LogP contribution is -2.26. The molecule has 200 valence electrons. The molecular weight excluding hydrogens is 531 g/mol. The Morgan fingerprint density at radius 3 is 2.63 bits per heavy atom. The van der Waals surface area contributed by atoms with Crippen LogP contribution in [0.25, 0.3) is 11.1 Å². The van der Waals surface area contributed by atoms with E-state index in [-0.39, 0.29) is 23.6 Å². The highest BCUT2D eigenvalue weighted by Crippen LogP contribution is 2.47. The number of rotatable bonds is 8. The molecule has 1 fully saturated rings. The number of alkyl halides is 1. The van der Waals surface area contributed by atoms with Crippen molar-refractivity contribution in [2.45, 2.75) is 32.3 Å². The average molecular weight is 560 g/mol. The first kappa shape index (κ1) is 26.8. The molecule has 5 rings (SSSR count). The molecule has 1 saturated heterocycles. The molecule has 2 aliphatic heterocycles. The predicted octanol–water partition coefficient (Wildman–Crippen LogP) is 8.12.